The van der Waals surface area contributed by atoms with E-state index >= 15 is 4.79 Å². The molecule has 4 N–H and O–H groups in total. The van der Waals surface area contributed by atoms with Crippen molar-refractivity contribution in [1.82, 2.24) is 15.2 Å². The first kappa shape index (κ1) is 48.8. The highest BCUT2D eigenvalue weighted by Crippen LogP contribution is 2.49. The molecule has 1 saturated heterocycles. The molecule has 5 heterocycles. The van der Waals surface area contributed by atoms with Crippen LogP contribution in [-0.4, -0.2) is 118 Å². The minimum Gasteiger partial charge on any atom is -0.507 e. The molecule has 0 spiro atoms. The van der Waals surface area contributed by atoms with Gasteiger partial charge in [0.2, 0.25) is 11.6 Å². The lowest BCUT2D eigenvalue weighted by molar-refractivity contribution is -0.160. The largest absolute Gasteiger partial charge is 0.507 e. The number of nitrogens with zero attached hydrogens (tertiary/aromatic N) is 3. The number of amides is 1. The number of ketones is 3. The van der Waals surface area contributed by atoms with E-state index in [9.17, 15) is 34.5 Å². The number of benzene rings is 2. The molecular formula is C50H58N4O12S. The minimum absolute atomic E-state index is 0.00181. The van der Waals surface area contributed by atoms with Crippen molar-refractivity contribution in [1.29, 1.82) is 0 Å². The Morgan fingerprint density at radius 1 is 0.896 bits per heavy atom. The van der Waals surface area contributed by atoms with Crippen molar-refractivity contribution in [3.05, 3.63) is 105 Å². The molecule has 2 aromatic carbocycles. The molecule has 5 bridgehead atoms. The number of Topliss-reactive ketones (excluding diaryl/α,β-unsaturated/α-hetero) is 3. The van der Waals surface area contributed by atoms with E-state index in [1.54, 1.807) is 44.7 Å². The number of aliphatic hydroxyl groups is 2. The van der Waals surface area contributed by atoms with E-state index in [1.807, 2.05) is 35.7 Å². The number of phenolic OH excluding ortho intramolecular Hbond substituents is 1. The van der Waals surface area contributed by atoms with Crippen LogP contribution < -0.4 is 15.0 Å². The van der Waals surface area contributed by atoms with Gasteiger partial charge in [-0.3, -0.25) is 24.0 Å². The Hall–Kier alpha value is -6.14. The highest BCUT2D eigenvalue weighted by molar-refractivity contribution is 7.14. The maximum Gasteiger partial charge on any atom is 0.312 e. The highest BCUT2D eigenvalue weighted by atomic mass is 32.1. The molecule has 16 nitrogen and oxygen atoms in total. The highest BCUT2D eigenvalue weighted by Gasteiger charge is 2.53. The molecule has 3 aromatic rings. The van der Waals surface area contributed by atoms with Crippen LogP contribution in [-0.2, 0) is 23.8 Å². The van der Waals surface area contributed by atoms with Gasteiger partial charge in [0, 0.05) is 92.9 Å². The SMILES string of the molecule is COC1C=COC2(C)Oc3c(C)c(O)c4c(c3C2=O)C(=O)C(N2CCN(c3nc(-c5ccccc5)cs3)CC2)=C(NC(=O)C(C)=CC=CC(C)C(O)C(C)C(O)C(C)C(OC(C)=O)C1C)C4=O. The molecule has 8 rings (SSSR count). The lowest BCUT2D eigenvalue weighted by Crippen LogP contribution is -2.50. The van der Waals surface area contributed by atoms with Crippen LogP contribution in [0, 0.1) is 30.6 Å². The van der Waals surface area contributed by atoms with Crippen LogP contribution in [0.3, 0.4) is 0 Å². The fraction of sp³-hybridized carbons (Fsp3) is 0.440. The maximum atomic E-state index is 15.2. The summed E-state index contributed by atoms with van der Waals surface area (Å²) in [5, 5.41) is 40.2. The van der Waals surface area contributed by atoms with Gasteiger partial charge < -0.3 is 49.4 Å². The van der Waals surface area contributed by atoms with Crippen LogP contribution in [0.15, 0.2) is 83.2 Å². The monoisotopic (exact) mass is 938 g/mol. The summed E-state index contributed by atoms with van der Waals surface area (Å²) in [4.78, 5) is 79.7. The van der Waals surface area contributed by atoms with Gasteiger partial charge in [-0.2, -0.15) is 0 Å². The third-order valence-electron chi connectivity index (χ3n) is 13.4. The van der Waals surface area contributed by atoms with E-state index in [4.69, 9.17) is 23.9 Å². The lowest BCUT2D eigenvalue weighted by atomic mass is 9.78. The number of methoxy groups -OCH3 is 1. The Kier molecular flexibility index (Phi) is 14.3. The number of hydrogen-bond donors (Lipinski definition) is 4. The van der Waals surface area contributed by atoms with E-state index in [0.29, 0.717) is 13.1 Å². The number of aromatic nitrogens is 1. The topological polar surface area (TPSA) is 214 Å². The quantitative estimate of drug-likeness (QED) is 0.219. The summed E-state index contributed by atoms with van der Waals surface area (Å²) in [6.07, 6.45) is 3.44. The van der Waals surface area contributed by atoms with E-state index in [-0.39, 0.29) is 52.5 Å². The van der Waals surface area contributed by atoms with Gasteiger partial charge >= 0.3 is 11.8 Å². The summed E-state index contributed by atoms with van der Waals surface area (Å²) in [7, 11) is 1.43. The third kappa shape index (κ3) is 9.29. The van der Waals surface area contributed by atoms with Crippen molar-refractivity contribution < 1.29 is 58.2 Å². The van der Waals surface area contributed by atoms with Gasteiger partial charge in [-0.25, -0.2) is 4.98 Å². The van der Waals surface area contributed by atoms with Crippen molar-refractivity contribution in [2.45, 2.75) is 85.6 Å². The van der Waals surface area contributed by atoms with Gasteiger partial charge in [0.15, 0.2) is 5.13 Å². The summed E-state index contributed by atoms with van der Waals surface area (Å²) < 4.78 is 23.7. The molecule has 0 saturated carbocycles. The van der Waals surface area contributed by atoms with Crippen molar-refractivity contribution in [2.75, 3.05) is 38.2 Å². The van der Waals surface area contributed by atoms with Crippen LogP contribution in [0.1, 0.15) is 85.1 Å². The van der Waals surface area contributed by atoms with E-state index in [1.165, 1.54) is 64.6 Å². The molecule has 1 fully saturated rings. The molecule has 1 aromatic heterocycles. The maximum absolute atomic E-state index is 15.2. The molecule has 5 aliphatic rings. The molecule has 9 atom stereocenters. The number of allylic oxidation sites excluding steroid dienone is 4. The van der Waals surface area contributed by atoms with Gasteiger partial charge in [0.25, 0.3) is 11.7 Å². The van der Waals surface area contributed by atoms with Crippen molar-refractivity contribution in [3.63, 3.8) is 0 Å². The molecule has 356 valence electrons. The molecule has 1 amide bonds. The summed E-state index contributed by atoms with van der Waals surface area (Å²) in [6.45, 7) is 13.7. The lowest BCUT2D eigenvalue weighted by Gasteiger charge is -2.38. The fourth-order valence-corrected chi connectivity index (χ4v) is 10.1. The summed E-state index contributed by atoms with van der Waals surface area (Å²) in [5.41, 5.74) is 0.325. The Labute approximate surface area is 393 Å². The second-order valence-electron chi connectivity index (χ2n) is 17.9. The van der Waals surface area contributed by atoms with E-state index in [2.05, 4.69) is 10.2 Å². The number of carbonyl (C=O) groups is 5. The van der Waals surface area contributed by atoms with E-state index in [0.717, 1.165) is 16.4 Å². The first-order chi connectivity index (χ1) is 31.8. The van der Waals surface area contributed by atoms with E-state index < -0.39 is 94.4 Å². The molecule has 4 aliphatic heterocycles. The van der Waals surface area contributed by atoms with Crippen molar-refractivity contribution in [3.8, 4) is 22.8 Å². The zero-order chi connectivity index (χ0) is 48.6. The fourth-order valence-electron chi connectivity index (χ4n) is 9.25. The average Bonchev–Trinajstić information content (AvgIpc) is 3.91. The number of aromatic hydroxyl groups is 1. The molecule has 17 heteroatoms. The third-order valence-corrected chi connectivity index (χ3v) is 14.3. The Morgan fingerprint density at radius 3 is 2.22 bits per heavy atom. The summed E-state index contributed by atoms with van der Waals surface area (Å²) >= 11 is 1.48. The predicted octanol–water partition coefficient (Wildman–Crippen LogP) is 5.90. The van der Waals surface area contributed by atoms with Gasteiger partial charge in [-0.15, -0.1) is 11.3 Å². The first-order valence-corrected chi connectivity index (χ1v) is 23.2. The minimum atomic E-state index is -2.10. The Bertz CT molecular complexity index is 2580. The number of esters is 1. The standard InChI is InChI=1S/C50H58N4O12S/c1-25-14-13-15-26(2)48(62)52-38-39(53-19-21-54(22-20-53)49-51-33(24-67-49)32-16-11-10-12-17-32)44(60)35-36(43(38)59)42(58)30(6)46-37(35)47(61)50(8,66-46)64-23-18-34(63-9)27(3)45(65-31(7)55)29(5)41(57)28(4)40(25)56/h10-18,23-25,27-29,34,40-41,45,56-58H,19-22H2,1-9H3,(H,52,62). The number of thiazole rings is 1. The number of ether oxygens (including phenoxy) is 4. The number of nitrogens with one attached hydrogen (secondary N) is 1. The molecular weight excluding hydrogens is 881 g/mol. The van der Waals surface area contributed by atoms with Crippen LogP contribution in [0.25, 0.3) is 11.3 Å². The second kappa shape index (κ2) is 19.6. The number of piperazine rings is 1. The zero-order valence-corrected chi connectivity index (χ0v) is 39.9. The normalized spacial score (nSPS) is 28.6. The average molecular weight is 939 g/mol. The number of hydrogen-bond acceptors (Lipinski definition) is 16. The number of anilines is 1. The van der Waals surface area contributed by atoms with Crippen LogP contribution in [0.2, 0.25) is 0 Å². The molecule has 9 unspecified atom stereocenters. The van der Waals surface area contributed by atoms with Crippen LogP contribution >= 0.6 is 11.3 Å². The van der Waals surface area contributed by atoms with Crippen molar-refractivity contribution in [2.24, 2.45) is 23.7 Å². The van der Waals surface area contributed by atoms with Crippen LogP contribution in [0.4, 0.5) is 5.13 Å². The number of rotatable bonds is 5. The van der Waals surface area contributed by atoms with Gasteiger partial charge in [0.1, 0.15) is 29.0 Å². The molecule has 1 aliphatic carbocycles. The second-order valence-corrected chi connectivity index (χ2v) is 18.7. The number of carbonyl (C=O) groups excluding carboxylic acids is 5. The zero-order valence-electron chi connectivity index (χ0n) is 39.1. The van der Waals surface area contributed by atoms with Gasteiger partial charge in [0.05, 0.1) is 47.0 Å². The summed E-state index contributed by atoms with van der Waals surface area (Å²) in [5.74, 6) is -9.19. The smallest absolute Gasteiger partial charge is 0.312 e. The van der Waals surface area contributed by atoms with Gasteiger partial charge in [-0.1, -0.05) is 76.3 Å². The number of fused-ring (bicyclic) bond motifs is 14. The predicted molar refractivity (Wildman–Crippen MR) is 250 cm³/mol. The first-order valence-electron chi connectivity index (χ1n) is 22.3. The number of aliphatic hydroxyl groups excluding tert-OH is 2. The van der Waals surface area contributed by atoms with Crippen LogP contribution in [0.5, 0.6) is 11.5 Å². The Morgan fingerprint density at radius 2 is 1.57 bits per heavy atom. The molecule has 67 heavy (non-hydrogen) atoms. The Balaban J connectivity index is 1.30. The number of phenols is 1. The van der Waals surface area contributed by atoms with Crippen molar-refractivity contribution >= 4 is 45.7 Å². The molecule has 0 radical (unpaired) electrons. The summed E-state index contributed by atoms with van der Waals surface area (Å²) in [6, 6.07) is 9.78. The van der Waals surface area contributed by atoms with Gasteiger partial charge in [-0.05, 0) is 19.9 Å².